The number of unbranched alkanes of at least 4 members (excludes halogenated alkanes) is 28. The Kier molecular flexibility index (Phi) is 41.5. The van der Waals surface area contributed by atoms with Crippen molar-refractivity contribution in [2.24, 2.45) is 0 Å². The van der Waals surface area contributed by atoms with E-state index in [4.69, 9.17) is 18.9 Å². The van der Waals surface area contributed by atoms with E-state index < -0.39 is 12.2 Å². The maximum Gasteiger partial charge on any atom is 0.306 e. The van der Waals surface area contributed by atoms with Crippen LogP contribution in [0.3, 0.4) is 0 Å². The minimum atomic E-state index is -0.438. The molecule has 1 saturated carbocycles. The first-order chi connectivity index (χ1) is 31.7. The van der Waals surface area contributed by atoms with Gasteiger partial charge in [0.1, 0.15) is 12.2 Å². The minimum absolute atomic E-state index is 0.00572. The summed E-state index contributed by atoms with van der Waals surface area (Å²) in [6.07, 6.45) is 41.2. The number of rotatable bonds is 46. The van der Waals surface area contributed by atoms with Crippen molar-refractivity contribution in [3.8, 4) is 0 Å². The van der Waals surface area contributed by atoms with Crippen LogP contribution in [0.4, 0.5) is 0 Å². The van der Waals surface area contributed by atoms with E-state index in [-0.39, 0.29) is 54.8 Å². The normalized spacial score (nSPS) is 17.1. The number of carbonyl (C=O) groups is 4. The Balaban J connectivity index is 2.44. The van der Waals surface area contributed by atoms with Crippen molar-refractivity contribution in [3.63, 3.8) is 0 Å². The smallest absolute Gasteiger partial charge is 0.306 e. The molecule has 0 aliphatic heterocycles. The maximum absolute atomic E-state index is 13.1. The molecule has 382 valence electrons. The molecule has 0 saturated heterocycles. The minimum Gasteiger partial charge on any atom is -0.462 e. The van der Waals surface area contributed by atoms with Crippen LogP contribution in [-0.4, -0.2) is 74.5 Å². The number of carbonyl (C=O) groups excluding carboxylic acids is 4. The monoisotopic (exact) mass is 921 g/mol. The average Bonchev–Trinajstić information content (AvgIpc) is 3.28. The van der Waals surface area contributed by atoms with Gasteiger partial charge in [-0.2, -0.15) is 0 Å². The average molecular weight is 921 g/mol. The van der Waals surface area contributed by atoms with Crippen molar-refractivity contribution in [1.82, 2.24) is 10.6 Å². The van der Waals surface area contributed by atoms with E-state index in [9.17, 15) is 19.2 Å². The van der Waals surface area contributed by atoms with E-state index in [1.807, 2.05) is 13.8 Å². The highest BCUT2D eigenvalue weighted by molar-refractivity contribution is 5.83. The summed E-state index contributed by atoms with van der Waals surface area (Å²) in [7, 11) is 1.69. The van der Waals surface area contributed by atoms with Crippen molar-refractivity contribution < 1.29 is 38.1 Å². The van der Waals surface area contributed by atoms with E-state index in [1.165, 1.54) is 154 Å². The molecule has 1 aliphatic carbocycles. The summed E-state index contributed by atoms with van der Waals surface area (Å²) in [5.41, 5.74) is 0. The largest absolute Gasteiger partial charge is 0.462 e. The SMILES string of the molecule is CCCCCCCCCCCCCCCCCC(=O)OC1CC(NC(=O)CCC(=O)NCCC(C)OCCC(C)OC)CC(OC(=O)CCCCCCCCCCCCCCCCC)C1. The van der Waals surface area contributed by atoms with Crippen LogP contribution in [-0.2, 0) is 38.1 Å². The summed E-state index contributed by atoms with van der Waals surface area (Å²) < 4.78 is 23.0. The molecule has 0 spiro atoms. The van der Waals surface area contributed by atoms with Gasteiger partial charge in [0.2, 0.25) is 11.8 Å². The van der Waals surface area contributed by atoms with E-state index in [2.05, 4.69) is 24.5 Å². The van der Waals surface area contributed by atoms with E-state index in [0.717, 1.165) is 44.9 Å². The molecule has 65 heavy (non-hydrogen) atoms. The van der Waals surface area contributed by atoms with Crippen LogP contribution in [0.1, 0.15) is 278 Å². The van der Waals surface area contributed by atoms with Crippen LogP contribution in [0.5, 0.6) is 0 Å². The highest BCUT2D eigenvalue weighted by atomic mass is 16.6. The maximum atomic E-state index is 13.1. The highest BCUT2D eigenvalue weighted by Crippen LogP contribution is 2.26. The van der Waals surface area contributed by atoms with Crippen LogP contribution in [0.15, 0.2) is 0 Å². The van der Waals surface area contributed by atoms with Gasteiger partial charge in [-0.05, 0) is 39.5 Å². The first-order valence-electron chi connectivity index (χ1n) is 27.8. The number of amides is 2. The summed E-state index contributed by atoms with van der Waals surface area (Å²) in [5.74, 6) is -0.858. The zero-order chi connectivity index (χ0) is 47.4. The van der Waals surface area contributed by atoms with Gasteiger partial charge >= 0.3 is 11.9 Å². The van der Waals surface area contributed by atoms with Crippen molar-refractivity contribution in [1.29, 1.82) is 0 Å². The quantitative estimate of drug-likeness (QED) is 0.0456. The van der Waals surface area contributed by atoms with Gasteiger partial charge in [0, 0.05) is 71.2 Å². The lowest BCUT2D eigenvalue weighted by molar-refractivity contribution is -0.160. The number of nitrogens with one attached hydrogen (secondary N) is 2. The Morgan fingerprint density at radius 3 is 1.22 bits per heavy atom. The Labute approximate surface area is 400 Å². The Hall–Kier alpha value is -2.20. The van der Waals surface area contributed by atoms with Crippen molar-refractivity contribution in [2.45, 2.75) is 309 Å². The molecule has 0 bridgehead atoms. The van der Waals surface area contributed by atoms with Gasteiger partial charge in [-0.25, -0.2) is 0 Å². The Morgan fingerprint density at radius 1 is 0.462 bits per heavy atom. The third-order valence-corrected chi connectivity index (χ3v) is 13.3. The zero-order valence-electron chi connectivity index (χ0n) is 43.1. The van der Waals surface area contributed by atoms with E-state index >= 15 is 0 Å². The third kappa shape index (κ3) is 39.5. The van der Waals surface area contributed by atoms with Crippen LogP contribution >= 0.6 is 0 Å². The van der Waals surface area contributed by atoms with Crippen LogP contribution in [0.25, 0.3) is 0 Å². The molecule has 1 rings (SSSR count). The first kappa shape index (κ1) is 60.8. The molecule has 1 aliphatic rings. The molecule has 0 heterocycles. The molecule has 10 heteroatoms. The molecule has 2 amide bonds. The second kappa shape index (κ2) is 44.3. The highest BCUT2D eigenvalue weighted by Gasteiger charge is 2.34. The van der Waals surface area contributed by atoms with E-state index in [1.54, 1.807) is 7.11 Å². The summed E-state index contributed by atoms with van der Waals surface area (Å²) >= 11 is 0. The van der Waals surface area contributed by atoms with Crippen LogP contribution in [0.2, 0.25) is 0 Å². The van der Waals surface area contributed by atoms with Gasteiger partial charge in [-0.1, -0.05) is 194 Å². The summed E-state index contributed by atoms with van der Waals surface area (Å²) in [6, 6.07) is -0.315. The fraction of sp³-hybridized carbons (Fsp3) is 0.927. The number of methoxy groups -OCH3 is 1. The van der Waals surface area contributed by atoms with Gasteiger partial charge in [-0.3, -0.25) is 19.2 Å². The molecule has 10 nitrogen and oxygen atoms in total. The lowest BCUT2D eigenvalue weighted by Gasteiger charge is -2.34. The fourth-order valence-electron chi connectivity index (χ4n) is 8.96. The zero-order valence-corrected chi connectivity index (χ0v) is 43.1. The van der Waals surface area contributed by atoms with Crippen molar-refractivity contribution in [2.75, 3.05) is 20.3 Å². The second-order valence-corrected chi connectivity index (χ2v) is 19.7. The lowest BCUT2D eigenvalue weighted by Crippen LogP contribution is -2.46. The predicted octanol–water partition coefficient (Wildman–Crippen LogP) is 14.1. The number of hydrogen-bond acceptors (Lipinski definition) is 8. The van der Waals surface area contributed by atoms with Gasteiger partial charge in [-0.15, -0.1) is 0 Å². The summed E-state index contributed by atoms with van der Waals surface area (Å²) in [4.78, 5) is 51.6. The van der Waals surface area contributed by atoms with Gasteiger partial charge in [0.05, 0.1) is 12.2 Å². The fourth-order valence-corrected chi connectivity index (χ4v) is 8.96. The van der Waals surface area contributed by atoms with Crippen LogP contribution in [0, 0.1) is 0 Å². The molecule has 0 radical (unpaired) electrons. The van der Waals surface area contributed by atoms with Gasteiger partial charge < -0.3 is 29.6 Å². The molecule has 0 aromatic carbocycles. The van der Waals surface area contributed by atoms with Crippen molar-refractivity contribution >= 4 is 23.8 Å². The molecule has 0 aromatic rings. The van der Waals surface area contributed by atoms with Crippen molar-refractivity contribution in [3.05, 3.63) is 0 Å². The standard InChI is InChI=1S/C55H104N2O8/c1-6-8-10-12-14-16-18-20-22-24-26-28-30-32-34-36-54(60)64-50-44-49(57-53(59)39-38-52(58)56-42-40-48(4)63-43-41-47(3)62-5)45-51(46-50)65-55(61)37-35-33-31-29-27-25-23-21-19-17-15-13-11-9-7-2/h47-51H,6-46H2,1-5H3,(H,56,58)(H,57,59). The molecule has 2 N–H and O–H groups in total. The number of ether oxygens (including phenoxy) is 4. The first-order valence-corrected chi connectivity index (χ1v) is 27.8. The predicted molar refractivity (Wildman–Crippen MR) is 268 cm³/mol. The topological polar surface area (TPSA) is 129 Å². The molecule has 4 atom stereocenters. The molecular weight excluding hydrogens is 817 g/mol. The number of esters is 2. The number of hydrogen-bond donors (Lipinski definition) is 2. The lowest BCUT2D eigenvalue weighted by atomic mass is 9.90. The Bertz CT molecular complexity index is 1080. The molecule has 1 fully saturated rings. The summed E-state index contributed by atoms with van der Waals surface area (Å²) in [5, 5.41) is 5.96. The Morgan fingerprint density at radius 2 is 0.831 bits per heavy atom. The van der Waals surface area contributed by atoms with Gasteiger partial charge in [0.25, 0.3) is 0 Å². The molecule has 0 aromatic heterocycles. The molecule has 4 unspecified atom stereocenters. The second-order valence-electron chi connectivity index (χ2n) is 19.7. The summed E-state index contributed by atoms with van der Waals surface area (Å²) in [6.45, 7) is 9.61. The van der Waals surface area contributed by atoms with Crippen LogP contribution < -0.4 is 10.6 Å². The van der Waals surface area contributed by atoms with Gasteiger partial charge in [0.15, 0.2) is 0 Å². The molecular formula is C55H104N2O8. The van der Waals surface area contributed by atoms with E-state index in [0.29, 0.717) is 51.7 Å². The third-order valence-electron chi connectivity index (χ3n) is 13.3.